The average Bonchev–Trinajstić information content (AvgIpc) is 3.22. The minimum absolute atomic E-state index is 0.0567. The molecule has 0 aliphatic carbocycles. The van der Waals surface area contributed by atoms with Gasteiger partial charge in [0.25, 0.3) is 0 Å². The fourth-order valence-electron chi connectivity index (χ4n) is 3.97. The molecule has 32 heavy (non-hydrogen) atoms. The molecule has 0 saturated heterocycles. The lowest BCUT2D eigenvalue weighted by Gasteiger charge is -2.31. The second-order valence-corrected chi connectivity index (χ2v) is 7.37. The molecule has 0 unspecified atom stereocenters. The highest BCUT2D eigenvalue weighted by atomic mass is 19.4. The highest BCUT2D eigenvalue weighted by Crippen LogP contribution is 2.42. The SMILES string of the molecule is O=C1NC(c2ccccc2)=C(c2nc3ccccc3[nH]2)[C@H](c2ccccc2C(F)(F)F)N1. The largest absolute Gasteiger partial charge is 0.416 e. The molecule has 0 spiro atoms. The average molecular weight is 434 g/mol. The lowest BCUT2D eigenvalue weighted by molar-refractivity contribution is -0.138. The van der Waals surface area contributed by atoms with E-state index in [2.05, 4.69) is 20.6 Å². The van der Waals surface area contributed by atoms with Crippen LogP contribution in [0.1, 0.15) is 28.6 Å². The molecule has 3 N–H and O–H groups in total. The number of H-pyrrole nitrogens is 1. The van der Waals surface area contributed by atoms with Gasteiger partial charge in [-0.25, -0.2) is 9.78 Å². The summed E-state index contributed by atoms with van der Waals surface area (Å²) in [6, 6.07) is 19.9. The van der Waals surface area contributed by atoms with Crippen LogP contribution >= 0.6 is 0 Å². The molecule has 160 valence electrons. The lowest BCUT2D eigenvalue weighted by atomic mass is 9.89. The minimum atomic E-state index is -4.59. The number of aromatic nitrogens is 2. The molecule has 0 fully saturated rings. The number of imidazole rings is 1. The molecule has 1 aliphatic heterocycles. The van der Waals surface area contributed by atoms with E-state index in [0.717, 1.165) is 11.6 Å². The summed E-state index contributed by atoms with van der Waals surface area (Å²) in [6.45, 7) is 0. The van der Waals surface area contributed by atoms with Gasteiger partial charge < -0.3 is 15.6 Å². The third-order valence-electron chi connectivity index (χ3n) is 5.36. The molecule has 1 atom stereocenters. The van der Waals surface area contributed by atoms with Crippen molar-refractivity contribution in [2.24, 2.45) is 0 Å². The summed E-state index contributed by atoms with van der Waals surface area (Å²) in [5.41, 5.74) is 2.02. The lowest BCUT2D eigenvalue weighted by Crippen LogP contribution is -2.43. The maximum absolute atomic E-state index is 13.8. The van der Waals surface area contributed by atoms with Crippen molar-refractivity contribution in [2.45, 2.75) is 12.2 Å². The Balaban J connectivity index is 1.80. The number of nitrogens with zero attached hydrogens (tertiary/aromatic N) is 1. The van der Waals surface area contributed by atoms with Crippen LogP contribution in [0.4, 0.5) is 18.0 Å². The molecule has 8 heteroatoms. The third-order valence-corrected chi connectivity index (χ3v) is 5.36. The first-order valence-corrected chi connectivity index (χ1v) is 9.90. The van der Waals surface area contributed by atoms with Gasteiger partial charge in [0.05, 0.1) is 28.3 Å². The van der Waals surface area contributed by atoms with E-state index in [1.165, 1.54) is 18.2 Å². The quantitative estimate of drug-likeness (QED) is 0.398. The van der Waals surface area contributed by atoms with Crippen LogP contribution in [0.5, 0.6) is 0 Å². The van der Waals surface area contributed by atoms with Gasteiger partial charge in [-0.1, -0.05) is 60.7 Å². The second-order valence-electron chi connectivity index (χ2n) is 7.37. The smallest absolute Gasteiger partial charge is 0.338 e. The number of carbonyl (C=O) groups excluding carboxylic acids is 1. The van der Waals surface area contributed by atoms with E-state index < -0.39 is 23.8 Å². The normalized spacial score (nSPS) is 16.7. The standard InChI is InChI=1S/C24H17F3N4O/c25-24(26,27)16-11-5-4-10-15(16)21-19(22-28-17-12-6-7-13-18(17)29-22)20(30-23(32)31-21)14-8-2-1-3-9-14/h1-13,21H,(H,28,29)(H2,30,31,32)/t21-/m0/s1. The number of halogens is 3. The van der Waals surface area contributed by atoms with E-state index in [0.29, 0.717) is 28.2 Å². The Labute approximate surface area is 181 Å². The van der Waals surface area contributed by atoms with Gasteiger partial charge >= 0.3 is 12.2 Å². The number of alkyl halides is 3. The number of fused-ring (bicyclic) bond motifs is 1. The number of urea groups is 1. The van der Waals surface area contributed by atoms with Crippen molar-refractivity contribution in [3.05, 3.63) is 101 Å². The summed E-state index contributed by atoms with van der Waals surface area (Å²) < 4.78 is 41.5. The Morgan fingerprint density at radius 3 is 2.28 bits per heavy atom. The first kappa shape index (κ1) is 19.9. The fraction of sp³-hybridized carbons (Fsp3) is 0.0833. The Hall–Kier alpha value is -4.07. The monoisotopic (exact) mass is 434 g/mol. The van der Waals surface area contributed by atoms with Crippen LogP contribution in [0.25, 0.3) is 22.3 Å². The van der Waals surface area contributed by atoms with Crippen LogP contribution in [-0.2, 0) is 6.18 Å². The summed E-state index contributed by atoms with van der Waals surface area (Å²) in [7, 11) is 0. The van der Waals surface area contributed by atoms with Crippen LogP contribution in [0.2, 0.25) is 0 Å². The number of hydrogen-bond acceptors (Lipinski definition) is 2. The van der Waals surface area contributed by atoms with E-state index >= 15 is 0 Å². The highest BCUT2D eigenvalue weighted by Gasteiger charge is 2.39. The summed E-state index contributed by atoms with van der Waals surface area (Å²) in [5, 5.41) is 5.44. The zero-order valence-electron chi connectivity index (χ0n) is 16.6. The van der Waals surface area contributed by atoms with Gasteiger partial charge in [0.2, 0.25) is 0 Å². The van der Waals surface area contributed by atoms with Crippen LogP contribution in [0.15, 0.2) is 78.9 Å². The molecule has 0 bridgehead atoms. The van der Waals surface area contributed by atoms with E-state index in [4.69, 9.17) is 0 Å². The fourth-order valence-corrected chi connectivity index (χ4v) is 3.97. The van der Waals surface area contributed by atoms with Crippen molar-refractivity contribution < 1.29 is 18.0 Å². The van der Waals surface area contributed by atoms with Gasteiger partial charge in [-0.05, 0) is 29.3 Å². The van der Waals surface area contributed by atoms with Gasteiger partial charge in [0.1, 0.15) is 5.82 Å². The topological polar surface area (TPSA) is 69.8 Å². The minimum Gasteiger partial charge on any atom is -0.338 e. The summed E-state index contributed by atoms with van der Waals surface area (Å²) in [4.78, 5) is 20.4. The number of hydrogen-bond donors (Lipinski definition) is 3. The molecular formula is C24H17F3N4O. The van der Waals surface area contributed by atoms with Crippen LogP contribution < -0.4 is 10.6 Å². The molecule has 2 amide bonds. The summed E-state index contributed by atoms with van der Waals surface area (Å²) in [6.07, 6.45) is -4.59. The van der Waals surface area contributed by atoms with Crippen molar-refractivity contribution in [1.29, 1.82) is 0 Å². The molecule has 1 aliphatic rings. The third kappa shape index (κ3) is 3.49. The first-order chi connectivity index (χ1) is 15.4. The number of benzene rings is 3. The van der Waals surface area contributed by atoms with Crippen molar-refractivity contribution in [1.82, 2.24) is 20.6 Å². The molecule has 4 aromatic rings. The van der Waals surface area contributed by atoms with Crippen molar-refractivity contribution >= 4 is 28.3 Å². The first-order valence-electron chi connectivity index (χ1n) is 9.90. The maximum Gasteiger partial charge on any atom is 0.416 e. The van der Waals surface area contributed by atoms with E-state index in [9.17, 15) is 18.0 Å². The van der Waals surface area contributed by atoms with Gasteiger partial charge in [-0.15, -0.1) is 0 Å². The Bertz CT molecular complexity index is 1310. The van der Waals surface area contributed by atoms with E-state index in [1.807, 2.05) is 30.3 Å². The zero-order valence-corrected chi connectivity index (χ0v) is 16.6. The maximum atomic E-state index is 13.8. The number of aromatic amines is 1. The van der Waals surface area contributed by atoms with Gasteiger partial charge in [0, 0.05) is 5.57 Å². The highest BCUT2D eigenvalue weighted by molar-refractivity contribution is 6.02. The van der Waals surface area contributed by atoms with Gasteiger partial charge in [0.15, 0.2) is 0 Å². The molecule has 0 saturated carbocycles. The summed E-state index contributed by atoms with van der Waals surface area (Å²) >= 11 is 0. The Morgan fingerprint density at radius 1 is 0.844 bits per heavy atom. The number of para-hydroxylation sites is 2. The predicted octanol–water partition coefficient (Wildman–Crippen LogP) is 5.50. The van der Waals surface area contributed by atoms with E-state index in [1.54, 1.807) is 24.3 Å². The van der Waals surface area contributed by atoms with Crippen molar-refractivity contribution in [2.75, 3.05) is 0 Å². The predicted molar refractivity (Wildman–Crippen MR) is 115 cm³/mol. The molecule has 3 aromatic carbocycles. The molecule has 5 nitrogen and oxygen atoms in total. The number of rotatable bonds is 3. The molecule has 5 rings (SSSR count). The number of amides is 2. The van der Waals surface area contributed by atoms with Crippen LogP contribution in [-0.4, -0.2) is 16.0 Å². The van der Waals surface area contributed by atoms with Crippen molar-refractivity contribution in [3.8, 4) is 0 Å². The number of nitrogens with one attached hydrogen (secondary N) is 3. The van der Waals surface area contributed by atoms with Gasteiger partial charge in [-0.2, -0.15) is 13.2 Å². The molecule has 2 heterocycles. The molecular weight excluding hydrogens is 417 g/mol. The molecule has 0 radical (unpaired) electrons. The number of carbonyl (C=O) groups is 1. The Kier molecular flexibility index (Phi) is 4.70. The zero-order chi connectivity index (χ0) is 22.3. The molecule has 1 aromatic heterocycles. The Morgan fingerprint density at radius 2 is 1.53 bits per heavy atom. The van der Waals surface area contributed by atoms with Crippen LogP contribution in [0, 0.1) is 0 Å². The second kappa shape index (κ2) is 7.56. The van der Waals surface area contributed by atoms with Gasteiger partial charge in [-0.3, -0.25) is 0 Å². The van der Waals surface area contributed by atoms with Crippen molar-refractivity contribution in [3.63, 3.8) is 0 Å². The summed E-state index contributed by atoms with van der Waals surface area (Å²) in [5.74, 6) is 0.375. The van der Waals surface area contributed by atoms with Crippen LogP contribution in [0.3, 0.4) is 0 Å². The van der Waals surface area contributed by atoms with E-state index in [-0.39, 0.29) is 5.56 Å².